The van der Waals surface area contributed by atoms with Crippen LogP contribution in [-0.2, 0) is 11.4 Å². The monoisotopic (exact) mass is 232 g/mol. The van der Waals surface area contributed by atoms with E-state index in [1.807, 2.05) is 6.07 Å². The molecule has 0 amide bonds. The third-order valence-corrected chi connectivity index (χ3v) is 3.19. The van der Waals surface area contributed by atoms with Gasteiger partial charge in [-0.05, 0) is 13.0 Å². The van der Waals surface area contributed by atoms with Gasteiger partial charge in [0.1, 0.15) is 6.07 Å². The molecule has 0 saturated carbocycles. The van der Waals surface area contributed by atoms with Crippen molar-refractivity contribution in [1.82, 2.24) is 10.1 Å². The molecule has 1 aromatic heterocycles. The van der Waals surface area contributed by atoms with E-state index in [0.717, 1.165) is 18.8 Å². The Hall–Kier alpha value is -1.87. The van der Waals surface area contributed by atoms with Crippen LogP contribution >= 0.6 is 0 Å². The number of nitrogens with zero attached hydrogens (tertiary/aromatic N) is 4. The fourth-order valence-corrected chi connectivity index (χ4v) is 2.32. The molecule has 2 unspecified atom stereocenters. The van der Waals surface area contributed by atoms with Crippen molar-refractivity contribution in [3.8, 4) is 6.07 Å². The summed E-state index contributed by atoms with van der Waals surface area (Å²) in [6.07, 6.45) is 1.18. The zero-order valence-corrected chi connectivity index (χ0v) is 9.30. The normalized spacial score (nSPS) is 28.5. The van der Waals surface area contributed by atoms with Crippen LogP contribution in [0.25, 0.3) is 0 Å². The molecule has 2 saturated heterocycles. The van der Waals surface area contributed by atoms with Crippen LogP contribution in [-0.4, -0.2) is 35.4 Å². The lowest BCUT2D eigenvalue weighted by Crippen LogP contribution is -2.23. The molecule has 3 rings (SSSR count). The number of rotatable bonds is 3. The lowest BCUT2D eigenvalue weighted by molar-refractivity contribution is 0.107. The third-order valence-electron chi connectivity index (χ3n) is 3.19. The number of piperidine rings is 1. The maximum atomic E-state index is 8.57. The zero-order valence-electron chi connectivity index (χ0n) is 9.30. The first kappa shape index (κ1) is 10.3. The van der Waals surface area contributed by atoms with Crippen LogP contribution in [0.15, 0.2) is 15.7 Å². The molecule has 0 N–H and O–H groups in total. The molecular weight excluding hydrogens is 220 g/mol. The average molecular weight is 232 g/mol. The van der Waals surface area contributed by atoms with Crippen LogP contribution in [0.5, 0.6) is 0 Å². The molecule has 6 heteroatoms. The van der Waals surface area contributed by atoms with E-state index >= 15 is 0 Å². The third kappa shape index (κ3) is 2.01. The van der Waals surface area contributed by atoms with Gasteiger partial charge < -0.3 is 9.36 Å². The summed E-state index contributed by atoms with van der Waals surface area (Å²) in [4.78, 5) is 7.60. The van der Waals surface area contributed by atoms with E-state index in [4.69, 9.17) is 14.6 Å². The van der Waals surface area contributed by atoms with Gasteiger partial charge >= 0.3 is 0 Å². The van der Waals surface area contributed by atoms with E-state index in [2.05, 4.69) is 15.2 Å². The van der Waals surface area contributed by atoms with Crippen molar-refractivity contribution < 1.29 is 9.36 Å². The Morgan fingerprint density at radius 2 is 2.65 bits per heavy atom. The lowest BCUT2D eigenvalue weighted by Gasteiger charge is -2.12. The summed E-state index contributed by atoms with van der Waals surface area (Å²) in [7, 11) is 0. The van der Waals surface area contributed by atoms with Gasteiger partial charge in [-0.1, -0.05) is 10.3 Å². The van der Waals surface area contributed by atoms with E-state index < -0.39 is 0 Å². The van der Waals surface area contributed by atoms with Crippen LogP contribution in [0, 0.1) is 17.2 Å². The highest BCUT2D eigenvalue weighted by atomic mass is 16.6. The van der Waals surface area contributed by atoms with Crippen molar-refractivity contribution in [1.29, 1.82) is 5.26 Å². The molecule has 1 aromatic rings. The number of fused-ring (bicyclic) bond motifs is 2. The SMILES string of the molecule is N#Cc1cc(CO/N=C2\CN3CCC2C3)on1. The topological polar surface area (TPSA) is 74.7 Å². The van der Waals surface area contributed by atoms with Crippen LogP contribution in [0.3, 0.4) is 0 Å². The van der Waals surface area contributed by atoms with E-state index in [1.54, 1.807) is 6.07 Å². The Morgan fingerprint density at radius 1 is 1.71 bits per heavy atom. The van der Waals surface area contributed by atoms with Crippen molar-refractivity contribution in [3.05, 3.63) is 17.5 Å². The van der Waals surface area contributed by atoms with Gasteiger partial charge in [0.15, 0.2) is 18.1 Å². The minimum Gasteiger partial charge on any atom is -0.387 e. The summed E-state index contributed by atoms with van der Waals surface area (Å²) in [6.45, 7) is 3.44. The lowest BCUT2D eigenvalue weighted by atomic mass is 10.0. The first-order valence-electron chi connectivity index (χ1n) is 5.62. The molecule has 2 bridgehead atoms. The molecule has 2 fully saturated rings. The highest BCUT2D eigenvalue weighted by molar-refractivity contribution is 5.91. The number of hydrogen-bond donors (Lipinski definition) is 0. The summed E-state index contributed by atoms with van der Waals surface area (Å²) >= 11 is 0. The fraction of sp³-hybridized carbons (Fsp3) is 0.545. The van der Waals surface area contributed by atoms with Crippen LogP contribution in [0.4, 0.5) is 0 Å². The number of oxime groups is 1. The standard InChI is InChI=1S/C11H12N4O2/c12-4-9-3-10(17-13-9)7-16-14-11-6-15-2-1-8(11)5-15/h3,8H,1-2,5-7H2/b14-11+. The first-order chi connectivity index (χ1) is 8.35. The van der Waals surface area contributed by atoms with Crippen molar-refractivity contribution >= 4 is 5.71 Å². The summed E-state index contributed by atoms with van der Waals surface area (Å²) in [5.74, 6) is 1.09. The molecule has 6 nitrogen and oxygen atoms in total. The van der Waals surface area contributed by atoms with Crippen molar-refractivity contribution in [2.75, 3.05) is 19.6 Å². The van der Waals surface area contributed by atoms with E-state index in [1.165, 1.54) is 13.0 Å². The molecule has 0 aliphatic carbocycles. The van der Waals surface area contributed by atoms with Gasteiger partial charge in [0, 0.05) is 25.1 Å². The Kier molecular flexibility index (Phi) is 2.53. The molecule has 2 aliphatic rings. The first-order valence-corrected chi connectivity index (χ1v) is 5.62. The maximum absolute atomic E-state index is 8.57. The molecule has 2 aliphatic heterocycles. The van der Waals surface area contributed by atoms with Gasteiger partial charge in [-0.3, -0.25) is 4.90 Å². The van der Waals surface area contributed by atoms with Gasteiger partial charge in [0.2, 0.25) is 0 Å². The van der Waals surface area contributed by atoms with E-state index in [0.29, 0.717) is 11.7 Å². The van der Waals surface area contributed by atoms with E-state index in [-0.39, 0.29) is 12.3 Å². The highest BCUT2D eigenvalue weighted by Gasteiger charge is 2.35. The minimum atomic E-state index is 0.227. The van der Waals surface area contributed by atoms with Gasteiger partial charge in [-0.25, -0.2) is 0 Å². The molecule has 0 spiro atoms. The fourth-order valence-electron chi connectivity index (χ4n) is 2.32. The summed E-state index contributed by atoms with van der Waals surface area (Å²) < 4.78 is 4.91. The minimum absolute atomic E-state index is 0.227. The largest absolute Gasteiger partial charge is 0.387 e. The second-order valence-corrected chi connectivity index (χ2v) is 4.37. The second kappa shape index (κ2) is 4.18. The molecule has 0 aromatic carbocycles. The Balaban J connectivity index is 1.55. The Bertz CT molecular complexity index is 488. The highest BCUT2D eigenvalue weighted by Crippen LogP contribution is 2.25. The summed E-state index contributed by atoms with van der Waals surface area (Å²) in [5, 5.41) is 16.3. The van der Waals surface area contributed by atoms with Gasteiger partial charge in [-0.15, -0.1) is 0 Å². The average Bonchev–Trinajstić information content (AvgIpc) is 3.04. The van der Waals surface area contributed by atoms with Gasteiger partial charge in [-0.2, -0.15) is 5.26 Å². The van der Waals surface area contributed by atoms with Crippen molar-refractivity contribution in [3.63, 3.8) is 0 Å². The quantitative estimate of drug-likeness (QED) is 0.719. The van der Waals surface area contributed by atoms with E-state index in [9.17, 15) is 0 Å². The number of aromatic nitrogens is 1. The van der Waals surface area contributed by atoms with Crippen LogP contribution in [0.2, 0.25) is 0 Å². The van der Waals surface area contributed by atoms with Crippen molar-refractivity contribution in [2.45, 2.75) is 13.0 Å². The predicted molar refractivity (Wildman–Crippen MR) is 58.0 cm³/mol. The smallest absolute Gasteiger partial charge is 0.183 e. The summed E-state index contributed by atoms with van der Waals surface area (Å²) in [5.41, 5.74) is 1.39. The molecular formula is C11H12N4O2. The second-order valence-electron chi connectivity index (χ2n) is 4.37. The number of hydrogen-bond acceptors (Lipinski definition) is 6. The van der Waals surface area contributed by atoms with Crippen LogP contribution < -0.4 is 0 Å². The van der Waals surface area contributed by atoms with Gasteiger partial charge in [0.25, 0.3) is 0 Å². The Morgan fingerprint density at radius 3 is 3.29 bits per heavy atom. The predicted octanol–water partition coefficient (Wildman–Crippen LogP) is 0.754. The van der Waals surface area contributed by atoms with Crippen LogP contribution in [0.1, 0.15) is 17.9 Å². The Labute approximate surface area is 98.4 Å². The molecule has 2 atom stereocenters. The maximum Gasteiger partial charge on any atom is 0.183 e. The molecule has 88 valence electrons. The molecule has 3 heterocycles. The molecule has 0 radical (unpaired) electrons. The van der Waals surface area contributed by atoms with Gasteiger partial charge in [0.05, 0.1) is 5.71 Å². The summed E-state index contributed by atoms with van der Waals surface area (Å²) in [6, 6.07) is 3.46. The number of nitriles is 1. The molecule has 17 heavy (non-hydrogen) atoms. The van der Waals surface area contributed by atoms with Crippen molar-refractivity contribution in [2.24, 2.45) is 11.1 Å². The zero-order chi connectivity index (χ0) is 11.7.